The largest absolute Gasteiger partial charge is 0.495 e. The first-order valence-corrected chi connectivity index (χ1v) is 6.66. The van der Waals surface area contributed by atoms with Crippen LogP contribution in [0.3, 0.4) is 0 Å². The summed E-state index contributed by atoms with van der Waals surface area (Å²) in [5.41, 5.74) is 6.42. The maximum absolute atomic E-state index is 14.1. The summed E-state index contributed by atoms with van der Waals surface area (Å²) in [5, 5.41) is 0. The third-order valence-electron chi connectivity index (χ3n) is 3.76. The van der Waals surface area contributed by atoms with E-state index < -0.39 is 0 Å². The molecule has 0 bridgehead atoms. The molecule has 1 aliphatic rings. The Balaban J connectivity index is 2.47. The summed E-state index contributed by atoms with van der Waals surface area (Å²) in [6.07, 6.45) is 4.19. The summed E-state index contributed by atoms with van der Waals surface area (Å²) in [6, 6.07) is 3.27. The van der Waals surface area contributed by atoms with E-state index in [0.717, 1.165) is 35.7 Å². The minimum absolute atomic E-state index is 0.182. The van der Waals surface area contributed by atoms with Crippen LogP contribution < -0.4 is 10.5 Å². The van der Waals surface area contributed by atoms with Crippen molar-refractivity contribution in [3.8, 4) is 5.75 Å². The highest BCUT2D eigenvalue weighted by atomic mass is 79.9. The first kappa shape index (κ1) is 12.8. The first-order chi connectivity index (χ1) is 8.13. The minimum Gasteiger partial charge on any atom is -0.495 e. The van der Waals surface area contributed by atoms with Crippen molar-refractivity contribution in [2.24, 2.45) is 5.73 Å². The predicted octanol–water partition coefficient (Wildman–Crippen LogP) is 3.37. The molecule has 0 heterocycles. The Morgan fingerprint density at radius 1 is 1.41 bits per heavy atom. The Bertz CT molecular complexity index is 416. The van der Waals surface area contributed by atoms with Crippen molar-refractivity contribution in [3.05, 3.63) is 28.0 Å². The van der Waals surface area contributed by atoms with E-state index in [4.69, 9.17) is 10.5 Å². The second-order valence-electron chi connectivity index (χ2n) is 4.66. The van der Waals surface area contributed by atoms with E-state index in [-0.39, 0.29) is 11.2 Å². The van der Waals surface area contributed by atoms with Crippen LogP contribution in [0.25, 0.3) is 0 Å². The van der Waals surface area contributed by atoms with Crippen LogP contribution >= 0.6 is 15.9 Å². The van der Waals surface area contributed by atoms with E-state index in [1.807, 2.05) is 6.07 Å². The quantitative estimate of drug-likeness (QED) is 0.929. The number of nitrogens with two attached hydrogens (primary N) is 1. The van der Waals surface area contributed by atoms with Crippen molar-refractivity contribution in [2.45, 2.75) is 31.1 Å². The average molecular weight is 302 g/mol. The lowest BCUT2D eigenvalue weighted by Gasteiger charge is -2.28. The van der Waals surface area contributed by atoms with Gasteiger partial charge in [-0.2, -0.15) is 0 Å². The number of rotatable bonds is 3. The van der Waals surface area contributed by atoms with Crippen LogP contribution in [0.1, 0.15) is 31.2 Å². The average Bonchev–Trinajstić information content (AvgIpc) is 2.81. The van der Waals surface area contributed by atoms with Crippen LogP contribution in [0.2, 0.25) is 0 Å². The Morgan fingerprint density at radius 2 is 2.06 bits per heavy atom. The van der Waals surface area contributed by atoms with Crippen molar-refractivity contribution in [3.63, 3.8) is 0 Å². The molecule has 4 heteroatoms. The molecule has 0 amide bonds. The second-order valence-corrected chi connectivity index (χ2v) is 5.51. The molecule has 0 unspecified atom stereocenters. The lowest BCUT2D eigenvalue weighted by Crippen LogP contribution is -2.33. The predicted molar refractivity (Wildman–Crippen MR) is 69.9 cm³/mol. The van der Waals surface area contributed by atoms with Gasteiger partial charge in [-0.3, -0.25) is 0 Å². The number of hydrogen-bond donors (Lipinski definition) is 1. The maximum atomic E-state index is 14.1. The number of benzene rings is 1. The van der Waals surface area contributed by atoms with Crippen molar-refractivity contribution in [1.29, 1.82) is 0 Å². The molecule has 0 radical (unpaired) electrons. The van der Waals surface area contributed by atoms with Crippen molar-refractivity contribution in [1.82, 2.24) is 0 Å². The van der Waals surface area contributed by atoms with Gasteiger partial charge in [-0.05, 0) is 40.4 Å². The van der Waals surface area contributed by atoms with Crippen molar-refractivity contribution >= 4 is 15.9 Å². The van der Waals surface area contributed by atoms with Gasteiger partial charge < -0.3 is 10.5 Å². The summed E-state index contributed by atoms with van der Waals surface area (Å²) in [7, 11) is 1.54. The van der Waals surface area contributed by atoms with Gasteiger partial charge in [-0.1, -0.05) is 12.8 Å². The second kappa shape index (κ2) is 4.94. The van der Waals surface area contributed by atoms with Crippen LogP contribution in [0.15, 0.2) is 16.6 Å². The van der Waals surface area contributed by atoms with Crippen LogP contribution in [-0.2, 0) is 5.41 Å². The molecule has 0 aliphatic heterocycles. The monoisotopic (exact) mass is 301 g/mol. The summed E-state index contributed by atoms with van der Waals surface area (Å²) in [5.74, 6) is 0.314. The van der Waals surface area contributed by atoms with Crippen LogP contribution in [0, 0.1) is 5.82 Å². The molecule has 0 spiro atoms. The van der Waals surface area contributed by atoms with Gasteiger partial charge in [-0.15, -0.1) is 0 Å². The van der Waals surface area contributed by atoms with Gasteiger partial charge >= 0.3 is 0 Å². The van der Waals surface area contributed by atoms with E-state index >= 15 is 0 Å². The lowest BCUT2D eigenvalue weighted by molar-refractivity contribution is 0.398. The van der Waals surface area contributed by atoms with Gasteiger partial charge in [0, 0.05) is 18.0 Å². The van der Waals surface area contributed by atoms with Crippen molar-refractivity contribution in [2.75, 3.05) is 13.7 Å². The molecule has 1 aliphatic carbocycles. The van der Waals surface area contributed by atoms with Gasteiger partial charge in [0.25, 0.3) is 0 Å². The lowest BCUT2D eigenvalue weighted by atomic mass is 9.78. The van der Waals surface area contributed by atoms with E-state index in [1.54, 1.807) is 0 Å². The van der Waals surface area contributed by atoms with E-state index in [1.165, 1.54) is 13.2 Å². The van der Waals surface area contributed by atoms with Gasteiger partial charge in [0.1, 0.15) is 11.6 Å². The SMILES string of the molecule is COc1cc(F)c(C2(CN)CCCC2)cc1Br. The molecule has 2 N–H and O–H groups in total. The zero-order chi connectivity index (χ0) is 12.5. The molecule has 0 atom stereocenters. The maximum Gasteiger partial charge on any atom is 0.135 e. The molecule has 2 rings (SSSR count). The number of hydrogen-bond acceptors (Lipinski definition) is 2. The highest BCUT2D eigenvalue weighted by Crippen LogP contribution is 2.43. The highest BCUT2D eigenvalue weighted by Gasteiger charge is 2.36. The number of methoxy groups -OCH3 is 1. The normalized spacial score (nSPS) is 18.4. The van der Waals surface area contributed by atoms with E-state index in [9.17, 15) is 4.39 Å². The standard InChI is InChI=1S/C13H17BrFNO/c1-17-12-7-11(15)9(6-10(12)14)13(8-16)4-2-3-5-13/h6-7H,2-5,8,16H2,1H3. The summed E-state index contributed by atoms with van der Waals surface area (Å²) < 4.78 is 20.0. The number of halogens is 2. The molecule has 1 saturated carbocycles. The van der Waals surface area contributed by atoms with E-state index in [0.29, 0.717) is 12.3 Å². The molecule has 0 aromatic heterocycles. The minimum atomic E-state index is -0.211. The first-order valence-electron chi connectivity index (χ1n) is 5.86. The zero-order valence-electron chi connectivity index (χ0n) is 9.93. The van der Waals surface area contributed by atoms with Crippen molar-refractivity contribution < 1.29 is 9.13 Å². The molecule has 1 aromatic rings. The van der Waals surface area contributed by atoms with Crippen LogP contribution in [0.4, 0.5) is 4.39 Å². The third-order valence-corrected chi connectivity index (χ3v) is 4.38. The molecular formula is C13H17BrFNO. The Morgan fingerprint density at radius 3 is 2.59 bits per heavy atom. The molecule has 17 heavy (non-hydrogen) atoms. The van der Waals surface area contributed by atoms with Gasteiger partial charge in [0.2, 0.25) is 0 Å². The van der Waals surface area contributed by atoms with Crippen LogP contribution in [0.5, 0.6) is 5.75 Å². The Hall–Kier alpha value is -0.610. The smallest absolute Gasteiger partial charge is 0.135 e. The fourth-order valence-electron chi connectivity index (χ4n) is 2.73. The van der Waals surface area contributed by atoms with Gasteiger partial charge in [-0.25, -0.2) is 4.39 Å². The topological polar surface area (TPSA) is 35.2 Å². The molecular weight excluding hydrogens is 285 g/mol. The van der Waals surface area contributed by atoms with Gasteiger partial charge in [0.05, 0.1) is 11.6 Å². The fourth-order valence-corrected chi connectivity index (χ4v) is 3.23. The summed E-state index contributed by atoms with van der Waals surface area (Å²) in [4.78, 5) is 0. The summed E-state index contributed by atoms with van der Waals surface area (Å²) >= 11 is 3.41. The molecule has 1 fully saturated rings. The fraction of sp³-hybridized carbons (Fsp3) is 0.538. The van der Waals surface area contributed by atoms with Gasteiger partial charge in [0.15, 0.2) is 0 Å². The third kappa shape index (κ3) is 2.20. The number of ether oxygens (including phenoxy) is 1. The molecule has 1 aromatic carbocycles. The zero-order valence-corrected chi connectivity index (χ0v) is 11.5. The molecule has 94 valence electrons. The van der Waals surface area contributed by atoms with E-state index in [2.05, 4.69) is 15.9 Å². The Labute approximate surface area is 109 Å². The molecule has 0 saturated heterocycles. The highest BCUT2D eigenvalue weighted by molar-refractivity contribution is 9.10. The molecule has 2 nitrogen and oxygen atoms in total. The summed E-state index contributed by atoms with van der Waals surface area (Å²) in [6.45, 7) is 0.503. The van der Waals surface area contributed by atoms with Crippen LogP contribution in [-0.4, -0.2) is 13.7 Å². The Kier molecular flexibility index (Phi) is 3.73.